The lowest BCUT2D eigenvalue weighted by Crippen LogP contribution is -2.26. The Kier molecular flexibility index (Phi) is 5.70. The Bertz CT molecular complexity index is 507. The summed E-state index contributed by atoms with van der Waals surface area (Å²) in [5.41, 5.74) is 5.50. The first kappa shape index (κ1) is 15.4. The van der Waals surface area contributed by atoms with Gasteiger partial charge in [-0.2, -0.15) is 15.0 Å². The van der Waals surface area contributed by atoms with Crippen molar-refractivity contribution in [2.45, 2.75) is 13.3 Å². The van der Waals surface area contributed by atoms with Crippen molar-refractivity contribution in [2.24, 2.45) is 0 Å². The molecule has 1 aromatic rings. The summed E-state index contributed by atoms with van der Waals surface area (Å²) in [6, 6.07) is 0.119. The second-order valence-corrected chi connectivity index (χ2v) is 5.64. The van der Waals surface area contributed by atoms with Gasteiger partial charge in [-0.05, 0) is 13.5 Å². The largest absolute Gasteiger partial charge is 0.463 e. The zero-order valence-electron chi connectivity index (χ0n) is 10.9. The first-order valence-electron chi connectivity index (χ1n) is 5.76. The second-order valence-electron chi connectivity index (χ2n) is 3.60. The van der Waals surface area contributed by atoms with Crippen LogP contribution in [0.1, 0.15) is 13.3 Å². The van der Waals surface area contributed by atoms with Crippen LogP contribution in [0.25, 0.3) is 0 Å². The summed E-state index contributed by atoms with van der Waals surface area (Å²) in [6.07, 6.45) is 0.814. The summed E-state index contributed by atoms with van der Waals surface area (Å²) >= 11 is 0. The molecule has 0 radical (unpaired) electrons. The molecule has 0 aliphatic carbocycles. The molecule has 0 fully saturated rings. The van der Waals surface area contributed by atoms with Crippen molar-refractivity contribution in [1.29, 1.82) is 0 Å². The van der Waals surface area contributed by atoms with E-state index in [1.54, 1.807) is 0 Å². The van der Waals surface area contributed by atoms with Crippen molar-refractivity contribution >= 4 is 21.9 Å². The van der Waals surface area contributed by atoms with Crippen LogP contribution >= 0.6 is 0 Å². The zero-order valence-corrected chi connectivity index (χ0v) is 11.7. The van der Waals surface area contributed by atoms with Gasteiger partial charge in [0.15, 0.2) is 0 Å². The maximum Gasteiger partial charge on any atom is 0.323 e. The van der Waals surface area contributed by atoms with Gasteiger partial charge in [-0.15, -0.1) is 0 Å². The Balaban J connectivity index is 2.60. The van der Waals surface area contributed by atoms with Crippen LogP contribution in [0.4, 0.5) is 11.9 Å². The fourth-order valence-corrected chi connectivity index (χ4v) is 1.68. The molecule has 19 heavy (non-hydrogen) atoms. The number of anilines is 2. The van der Waals surface area contributed by atoms with E-state index in [1.165, 1.54) is 7.05 Å². The van der Waals surface area contributed by atoms with Crippen molar-refractivity contribution in [3.63, 3.8) is 0 Å². The molecule has 0 atom stereocenters. The van der Waals surface area contributed by atoms with Gasteiger partial charge in [-0.3, -0.25) is 0 Å². The number of rotatable bonds is 8. The quantitative estimate of drug-likeness (QED) is 0.567. The molecule has 0 amide bonds. The molecule has 1 aromatic heterocycles. The Morgan fingerprint density at radius 3 is 2.68 bits per heavy atom. The maximum absolute atomic E-state index is 11.2. The molecule has 108 valence electrons. The molecule has 0 saturated carbocycles. The summed E-state index contributed by atoms with van der Waals surface area (Å²) in [5.74, 6) is 0.102. The van der Waals surface area contributed by atoms with Gasteiger partial charge >= 0.3 is 6.01 Å². The average Bonchev–Trinajstić information content (AvgIpc) is 2.35. The first-order valence-corrected chi connectivity index (χ1v) is 7.41. The van der Waals surface area contributed by atoms with Gasteiger partial charge < -0.3 is 15.8 Å². The van der Waals surface area contributed by atoms with E-state index in [1.807, 2.05) is 6.92 Å². The number of nitrogens with one attached hydrogen (secondary N) is 2. The summed E-state index contributed by atoms with van der Waals surface area (Å²) < 4.78 is 29.9. The molecule has 1 heterocycles. The molecule has 1 rings (SSSR count). The monoisotopic (exact) mass is 290 g/mol. The van der Waals surface area contributed by atoms with E-state index in [2.05, 4.69) is 25.0 Å². The lowest BCUT2D eigenvalue weighted by molar-refractivity contribution is 0.292. The molecule has 10 heteroatoms. The van der Waals surface area contributed by atoms with Crippen LogP contribution in [0.2, 0.25) is 0 Å². The lowest BCUT2D eigenvalue weighted by Gasteiger charge is -2.07. The number of aromatic nitrogens is 3. The predicted octanol–water partition coefficient (Wildman–Crippen LogP) is -0.796. The number of hydrogen-bond acceptors (Lipinski definition) is 8. The van der Waals surface area contributed by atoms with Crippen LogP contribution in [0.3, 0.4) is 0 Å². The van der Waals surface area contributed by atoms with E-state index in [4.69, 9.17) is 10.5 Å². The summed E-state index contributed by atoms with van der Waals surface area (Å²) in [7, 11) is -1.92. The minimum absolute atomic E-state index is 0.0140. The van der Waals surface area contributed by atoms with Crippen LogP contribution in [0, 0.1) is 0 Å². The molecule has 0 aromatic carbocycles. The molecule has 0 unspecified atom stereocenters. The minimum atomic E-state index is -3.27. The summed E-state index contributed by atoms with van der Waals surface area (Å²) in [6.45, 7) is 2.57. The Morgan fingerprint density at radius 1 is 1.32 bits per heavy atom. The molecular formula is C9H18N6O3S. The number of nitrogens with two attached hydrogens (primary N) is 1. The van der Waals surface area contributed by atoms with E-state index >= 15 is 0 Å². The van der Waals surface area contributed by atoms with Crippen molar-refractivity contribution in [2.75, 3.05) is 37.0 Å². The highest BCUT2D eigenvalue weighted by Crippen LogP contribution is 2.08. The predicted molar refractivity (Wildman–Crippen MR) is 71.4 cm³/mol. The molecule has 9 nitrogen and oxygen atoms in total. The van der Waals surface area contributed by atoms with Crippen LogP contribution in [0.15, 0.2) is 0 Å². The number of sulfonamides is 1. The van der Waals surface area contributed by atoms with E-state index in [-0.39, 0.29) is 30.2 Å². The van der Waals surface area contributed by atoms with Gasteiger partial charge in [0, 0.05) is 6.54 Å². The standard InChI is InChI=1S/C9H18N6O3S/c1-3-5-18-9-14-7(10)13-8(15-9)12-4-6-19(16,17)11-2/h11H,3-6H2,1-2H3,(H3,10,12,13,14,15). The summed E-state index contributed by atoms with van der Waals surface area (Å²) in [4.78, 5) is 11.6. The van der Waals surface area contributed by atoms with Gasteiger partial charge in [0.1, 0.15) is 0 Å². The second kappa shape index (κ2) is 7.04. The molecule has 0 bridgehead atoms. The highest BCUT2D eigenvalue weighted by Gasteiger charge is 2.08. The van der Waals surface area contributed by atoms with Gasteiger partial charge in [0.25, 0.3) is 0 Å². The molecular weight excluding hydrogens is 272 g/mol. The van der Waals surface area contributed by atoms with Crippen molar-refractivity contribution in [3.05, 3.63) is 0 Å². The number of ether oxygens (including phenoxy) is 1. The topological polar surface area (TPSA) is 132 Å². The van der Waals surface area contributed by atoms with E-state index < -0.39 is 10.0 Å². The van der Waals surface area contributed by atoms with Crippen molar-refractivity contribution < 1.29 is 13.2 Å². The SMILES string of the molecule is CCCOc1nc(N)nc(NCCS(=O)(=O)NC)n1. The van der Waals surface area contributed by atoms with E-state index in [0.29, 0.717) is 6.61 Å². The zero-order chi connectivity index (χ0) is 14.3. The minimum Gasteiger partial charge on any atom is -0.463 e. The number of nitrogen functional groups attached to an aromatic ring is 1. The average molecular weight is 290 g/mol. The van der Waals surface area contributed by atoms with Crippen LogP contribution in [-0.4, -0.2) is 49.3 Å². The highest BCUT2D eigenvalue weighted by atomic mass is 32.2. The van der Waals surface area contributed by atoms with Crippen molar-refractivity contribution in [3.8, 4) is 6.01 Å². The third-order valence-electron chi connectivity index (χ3n) is 2.03. The fraction of sp³-hybridized carbons (Fsp3) is 0.667. The number of hydrogen-bond donors (Lipinski definition) is 3. The molecule has 0 spiro atoms. The molecule has 0 saturated heterocycles. The number of nitrogens with zero attached hydrogens (tertiary/aromatic N) is 3. The fourth-order valence-electron chi connectivity index (χ4n) is 1.11. The van der Waals surface area contributed by atoms with E-state index in [9.17, 15) is 8.42 Å². The van der Waals surface area contributed by atoms with Crippen LogP contribution < -0.4 is 20.5 Å². The van der Waals surface area contributed by atoms with Crippen LogP contribution in [0.5, 0.6) is 6.01 Å². The molecule has 0 aliphatic rings. The Morgan fingerprint density at radius 2 is 2.05 bits per heavy atom. The van der Waals surface area contributed by atoms with Gasteiger partial charge in [-0.1, -0.05) is 6.92 Å². The van der Waals surface area contributed by atoms with Crippen molar-refractivity contribution in [1.82, 2.24) is 19.7 Å². The maximum atomic E-state index is 11.2. The Hall–Kier alpha value is -1.68. The smallest absolute Gasteiger partial charge is 0.323 e. The summed E-state index contributed by atoms with van der Waals surface area (Å²) in [5, 5.41) is 2.75. The molecule has 0 aliphatic heterocycles. The normalized spacial score (nSPS) is 11.3. The highest BCUT2D eigenvalue weighted by molar-refractivity contribution is 7.89. The van der Waals surface area contributed by atoms with Gasteiger partial charge in [-0.25, -0.2) is 13.1 Å². The first-order chi connectivity index (χ1) is 8.96. The third-order valence-corrected chi connectivity index (χ3v) is 3.40. The Labute approximate surface area is 112 Å². The van der Waals surface area contributed by atoms with Gasteiger partial charge in [0.2, 0.25) is 21.9 Å². The van der Waals surface area contributed by atoms with Gasteiger partial charge in [0.05, 0.1) is 12.4 Å². The van der Waals surface area contributed by atoms with Crippen LogP contribution in [-0.2, 0) is 10.0 Å². The lowest BCUT2D eigenvalue weighted by atomic mass is 10.5. The third kappa shape index (κ3) is 5.66. The van der Waals surface area contributed by atoms with E-state index in [0.717, 1.165) is 6.42 Å². The molecule has 4 N–H and O–H groups in total.